The molecule has 7 heteroatoms. The van der Waals surface area contributed by atoms with Gasteiger partial charge in [-0.1, -0.05) is 56.3 Å². The summed E-state index contributed by atoms with van der Waals surface area (Å²) in [6, 6.07) is 15.7. The number of fused-ring (bicyclic) bond motifs is 1. The minimum Gasteiger partial charge on any atom is -0.444 e. The quantitative estimate of drug-likeness (QED) is 0.678. The van der Waals surface area contributed by atoms with Crippen LogP contribution in [-0.2, 0) is 9.53 Å². The number of hydrogen-bond donors (Lipinski definition) is 1. The number of benzodiazepines with no additional fused rings is 1. The van der Waals surface area contributed by atoms with Crippen LogP contribution in [0.15, 0.2) is 53.5 Å². The van der Waals surface area contributed by atoms with Crippen LogP contribution in [0.4, 0.5) is 16.2 Å². The minimum atomic E-state index is -0.519. The van der Waals surface area contributed by atoms with Crippen molar-refractivity contribution in [3.63, 3.8) is 0 Å². The van der Waals surface area contributed by atoms with Gasteiger partial charge in [0.2, 0.25) is 5.91 Å². The Morgan fingerprint density at radius 1 is 1.06 bits per heavy atom. The summed E-state index contributed by atoms with van der Waals surface area (Å²) in [5.41, 5.74) is 3.97. The molecule has 1 saturated heterocycles. The van der Waals surface area contributed by atoms with Crippen LogP contribution >= 0.6 is 0 Å². The SMILES string of the molecule is CC(C)C[C@@H]1N=C(c2ccccc2)c2cccc(N3CCN(C(=O)OC(C)(C)C)CC3)c2NC1=O. The smallest absolute Gasteiger partial charge is 0.410 e. The van der Waals surface area contributed by atoms with E-state index < -0.39 is 11.6 Å². The van der Waals surface area contributed by atoms with Gasteiger partial charge in [0.05, 0.1) is 17.1 Å². The second kappa shape index (κ2) is 10.1. The fourth-order valence-corrected chi connectivity index (χ4v) is 4.51. The van der Waals surface area contributed by atoms with E-state index in [1.807, 2.05) is 69.3 Å². The first-order chi connectivity index (χ1) is 16.6. The summed E-state index contributed by atoms with van der Waals surface area (Å²) in [6.07, 6.45) is 0.396. The van der Waals surface area contributed by atoms with E-state index in [1.54, 1.807) is 4.90 Å². The van der Waals surface area contributed by atoms with Crippen LogP contribution in [0.3, 0.4) is 0 Å². The number of piperazine rings is 1. The predicted octanol–water partition coefficient (Wildman–Crippen LogP) is 4.95. The van der Waals surface area contributed by atoms with Crippen LogP contribution in [0.5, 0.6) is 0 Å². The summed E-state index contributed by atoms with van der Waals surface area (Å²) < 4.78 is 5.54. The first kappa shape index (κ1) is 24.8. The highest BCUT2D eigenvalue weighted by Crippen LogP contribution is 2.35. The number of rotatable bonds is 4. The maximum Gasteiger partial charge on any atom is 0.410 e. The fraction of sp³-hybridized carbons (Fsp3) is 0.464. The molecule has 7 nitrogen and oxygen atoms in total. The fourth-order valence-electron chi connectivity index (χ4n) is 4.51. The summed E-state index contributed by atoms with van der Waals surface area (Å²) in [4.78, 5) is 34.8. The molecule has 0 radical (unpaired) electrons. The molecule has 1 fully saturated rings. The van der Waals surface area contributed by atoms with Gasteiger partial charge in [0.25, 0.3) is 0 Å². The second-order valence-electron chi connectivity index (χ2n) is 10.6. The number of carbonyl (C=O) groups is 2. The summed E-state index contributed by atoms with van der Waals surface area (Å²) in [5, 5.41) is 3.21. The van der Waals surface area contributed by atoms with E-state index in [0.29, 0.717) is 38.5 Å². The van der Waals surface area contributed by atoms with Crippen LogP contribution in [0, 0.1) is 5.92 Å². The highest BCUT2D eigenvalue weighted by molar-refractivity contribution is 6.21. The van der Waals surface area contributed by atoms with Gasteiger partial charge in [0.1, 0.15) is 11.6 Å². The highest BCUT2D eigenvalue weighted by atomic mass is 16.6. The Bertz CT molecular complexity index is 1100. The van der Waals surface area contributed by atoms with Crippen molar-refractivity contribution in [2.24, 2.45) is 10.9 Å². The Kier molecular flexibility index (Phi) is 7.15. The maximum atomic E-state index is 13.3. The first-order valence-electron chi connectivity index (χ1n) is 12.4. The Hall–Kier alpha value is -3.35. The van der Waals surface area contributed by atoms with Crippen molar-refractivity contribution in [2.75, 3.05) is 36.4 Å². The Morgan fingerprint density at radius 3 is 2.37 bits per heavy atom. The molecule has 35 heavy (non-hydrogen) atoms. The van der Waals surface area contributed by atoms with E-state index in [-0.39, 0.29) is 12.0 Å². The van der Waals surface area contributed by atoms with Gasteiger partial charge in [-0.3, -0.25) is 9.79 Å². The normalized spacial score (nSPS) is 18.5. The minimum absolute atomic E-state index is 0.0780. The highest BCUT2D eigenvalue weighted by Gasteiger charge is 2.31. The lowest BCUT2D eigenvalue weighted by Crippen LogP contribution is -2.50. The topological polar surface area (TPSA) is 74.2 Å². The maximum absolute atomic E-state index is 13.3. The molecule has 0 aliphatic carbocycles. The monoisotopic (exact) mass is 476 g/mol. The molecule has 1 N–H and O–H groups in total. The largest absolute Gasteiger partial charge is 0.444 e. The van der Waals surface area contributed by atoms with Gasteiger partial charge in [0, 0.05) is 37.3 Å². The van der Waals surface area contributed by atoms with Crippen molar-refractivity contribution in [2.45, 2.75) is 52.7 Å². The van der Waals surface area contributed by atoms with Crippen LogP contribution < -0.4 is 10.2 Å². The molecule has 0 bridgehead atoms. The molecule has 4 rings (SSSR count). The Balaban J connectivity index is 1.64. The zero-order chi connectivity index (χ0) is 25.2. The molecular weight excluding hydrogens is 440 g/mol. The molecule has 0 aromatic heterocycles. The number of aliphatic imine (C=N–C) groups is 1. The average molecular weight is 477 g/mol. The second-order valence-corrected chi connectivity index (χ2v) is 10.6. The van der Waals surface area contributed by atoms with Gasteiger partial charge in [-0.25, -0.2) is 4.79 Å². The van der Waals surface area contributed by atoms with Crippen molar-refractivity contribution in [1.82, 2.24) is 4.90 Å². The van der Waals surface area contributed by atoms with Crippen molar-refractivity contribution in [3.05, 3.63) is 59.7 Å². The number of para-hydroxylation sites is 1. The van der Waals surface area contributed by atoms with E-state index in [2.05, 4.69) is 24.1 Å². The third-order valence-electron chi connectivity index (χ3n) is 6.15. The van der Waals surface area contributed by atoms with Gasteiger partial charge in [-0.05, 0) is 39.2 Å². The lowest BCUT2D eigenvalue weighted by Gasteiger charge is -2.37. The molecule has 2 aromatic rings. The number of nitrogens with zero attached hydrogens (tertiary/aromatic N) is 3. The molecular formula is C28H36N4O3. The van der Waals surface area contributed by atoms with Crippen molar-refractivity contribution in [3.8, 4) is 0 Å². The number of nitrogens with one attached hydrogen (secondary N) is 1. The molecule has 2 aliphatic rings. The number of hydrogen-bond acceptors (Lipinski definition) is 5. The molecule has 2 aromatic carbocycles. The Morgan fingerprint density at radius 2 is 1.74 bits per heavy atom. The number of ether oxygens (including phenoxy) is 1. The third-order valence-corrected chi connectivity index (χ3v) is 6.15. The van der Waals surface area contributed by atoms with Gasteiger partial charge in [0.15, 0.2) is 0 Å². The number of anilines is 2. The van der Waals surface area contributed by atoms with Crippen LogP contribution in [-0.4, -0.2) is 60.4 Å². The molecule has 1 atom stereocenters. The molecule has 2 amide bonds. The van der Waals surface area contributed by atoms with E-state index in [4.69, 9.17) is 9.73 Å². The van der Waals surface area contributed by atoms with Gasteiger partial charge in [-0.15, -0.1) is 0 Å². The van der Waals surface area contributed by atoms with Gasteiger partial charge >= 0.3 is 6.09 Å². The molecule has 0 saturated carbocycles. The van der Waals surface area contributed by atoms with E-state index >= 15 is 0 Å². The lowest BCUT2D eigenvalue weighted by atomic mass is 9.99. The summed E-state index contributed by atoms with van der Waals surface area (Å²) >= 11 is 0. The third kappa shape index (κ3) is 5.84. The summed E-state index contributed by atoms with van der Waals surface area (Å²) in [5.74, 6) is 0.263. The van der Waals surface area contributed by atoms with E-state index in [0.717, 1.165) is 28.2 Å². The van der Waals surface area contributed by atoms with Gasteiger partial charge < -0.3 is 19.9 Å². The van der Waals surface area contributed by atoms with E-state index in [1.165, 1.54) is 0 Å². The average Bonchev–Trinajstić information content (AvgIpc) is 2.94. The number of amides is 2. The van der Waals surface area contributed by atoms with Crippen LogP contribution in [0.1, 0.15) is 52.2 Å². The number of carbonyl (C=O) groups excluding carboxylic acids is 2. The van der Waals surface area contributed by atoms with Gasteiger partial charge in [-0.2, -0.15) is 0 Å². The zero-order valence-electron chi connectivity index (χ0n) is 21.4. The predicted molar refractivity (Wildman–Crippen MR) is 140 cm³/mol. The molecule has 2 heterocycles. The van der Waals surface area contributed by atoms with Crippen molar-refractivity contribution >= 4 is 29.1 Å². The lowest BCUT2D eigenvalue weighted by molar-refractivity contribution is -0.117. The van der Waals surface area contributed by atoms with Crippen molar-refractivity contribution in [1.29, 1.82) is 0 Å². The first-order valence-corrected chi connectivity index (χ1v) is 12.4. The Labute approximate surface area is 208 Å². The summed E-state index contributed by atoms with van der Waals surface area (Å²) in [6.45, 7) is 12.3. The molecule has 186 valence electrons. The van der Waals surface area contributed by atoms with Crippen LogP contribution in [0.2, 0.25) is 0 Å². The summed E-state index contributed by atoms with van der Waals surface area (Å²) in [7, 11) is 0. The van der Waals surface area contributed by atoms with Crippen molar-refractivity contribution < 1.29 is 14.3 Å². The van der Waals surface area contributed by atoms with E-state index in [9.17, 15) is 9.59 Å². The standard InChI is InChI=1S/C28H36N4O3/c1-19(2)18-22-26(33)30-25-21(24(29-22)20-10-7-6-8-11-20)12-9-13-23(25)31-14-16-32(17-15-31)27(34)35-28(3,4)5/h6-13,19,22H,14-18H2,1-5H3,(H,30,33)/t22-/m0/s1. The zero-order valence-corrected chi connectivity index (χ0v) is 21.4. The van der Waals surface area contributed by atoms with Crippen LogP contribution in [0.25, 0.3) is 0 Å². The molecule has 0 spiro atoms. The molecule has 0 unspecified atom stereocenters. The molecule has 2 aliphatic heterocycles. The number of benzene rings is 2.